The highest BCUT2D eigenvalue weighted by molar-refractivity contribution is 8.00. The van der Waals surface area contributed by atoms with Gasteiger partial charge in [-0.1, -0.05) is 35.5 Å². The molecule has 2 aromatic carbocycles. The maximum atomic E-state index is 12.5. The normalized spacial score (nSPS) is 11.9. The summed E-state index contributed by atoms with van der Waals surface area (Å²) in [7, 11) is 1.60. The summed E-state index contributed by atoms with van der Waals surface area (Å²) in [6.45, 7) is 5.81. The van der Waals surface area contributed by atoms with Crippen molar-refractivity contribution in [2.24, 2.45) is 0 Å². The van der Waals surface area contributed by atoms with Gasteiger partial charge in [-0.15, -0.1) is 5.10 Å². The highest BCUT2D eigenvalue weighted by atomic mass is 32.2. The van der Waals surface area contributed by atoms with E-state index in [-0.39, 0.29) is 11.2 Å². The number of nitrogens with zero attached hydrogens (tertiary/aromatic N) is 4. The second kappa shape index (κ2) is 8.22. The van der Waals surface area contributed by atoms with Crippen molar-refractivity contribution in [1.29, 1.82) is 0 Å². The Kier molecular flexibility index (Phi) is 5.75. The Bertz CT molecular complexity index is 940. The lowest BCUT2D eigenvalue weighted by Gasteiger charge is -2.13. The summed E-state index contributed by atoms with van der Waals surface area (Å²) < 4.78 is 7.00. The predicted molar refractivity (Wildman–Crippen MR) is 106 cm³/mol. The van der Waals surface area contributed by atoms with Gasteiger partial charge in [0.25, 0.3) is 0 Å². The van der Waals surface area contributed by atoms with E-state index in [1.165, 1.54) is 11.8 Å². The van der Waals surface area contributed by atoms with E-state index in [0.29, 0.717) is 10.9 Å². The monoisotopic (exact) mass is 383 g/mol. The largest absolute Gasteiger partial charge is 0.494 e. The average Bonchev–Trinajstić information content (AvgIpc) is 3.11. The number of hydrogen-bond acceptors (Lipinski definition) is 6. The number of aryl methyl sites for hydroxylation is 2. The molecule has 1 heterocycles. The Morgan fingerprint density at radius 1 is 1.15 bits per heavy atom. The number of ether oxygens (including phenoxy) is 1. The smallest absolute Gasteiger partial charge is 0.237 e. The van der Waals surface area contributed by atoms with Crippen LogP contribution in [-0.4, -0.2) is 38.5 Å². The third-order valence-corrected chi connectivity index (χ3v) is 5.01. The maximum Gasteiger partial charge on any atom is 0.237 e. The van der Waals surface area contributed by atoms with Crippen molar-refractivity contribution in [3.8, 4) is 11.4 Å². The van der Waals surface area contributed by atoms with E-state index >= 15 is 0 Å². The zero-order valence-corrected chi connectivity index (χ0v) is 16.4. The van der Waals surface area contributed by atoms with Gasteiger partial charge in [0, 0.05) is 5.69 Å². The number of benzene rings is 2. The summed E-state index contributed by atoms with van der Waals surface area (Å²) in [6, 6.07) is 13.4. The molecule has 0 unspecified atom stereocenters. The summed E-state index contributed by atoms with van der Waals surface area (Å²) in [5.41, 5.74) is 3.69. The molecule has 0 aliphatic carbocycles. The average molecular weight is 383 g/mol. The van der Waals surface area contributed by atoms with E-state index in [4.69, 9.17) is 4.74 Å². The minimum absolute atomic E-state index is 0.116. The molecule has 0 bridgehead atoms. The Labute approximate surface area is 162 Å². The molecule has 1 N–H and O–H groups in total. The lowest BCUT2D eigenvalue weighted by atomic mass is 10.2. The molecule has 0 saturated heterocycles. The first-order valence-corrected chi connectivity index (χ1v) is 9.33. The van der Waals surface area contributed by atoms with Gasteiger partial charge in [0.15, 0.2) is 0 Å². The number of carbonyl (C=O) groups is 1. The SMILES string of the molecule is COc1ccc(C)cc1-n1nnnc1S[C@H](C)C(=O)Nc1ccc(C)cc1. The molecule has 3 aromatic rings. The second-order valence-corrected chi connectivity index (χ2v) is 7.47. The number of thioether (sulfide) groups is 1. The second-order valence-electron chi connectivity index (χ2n) is 6.16. The van der Waals surface area contributed by atoms with Crippen molar-refractivity contribution in [3.63, 3.8) is 0 Å². The quantitative estimate of drug-likeness (QED) is 0.657. The van der Waals surface area contributed by atoms with Crippen LogP contribution < -0.4 is 10.1 Å². The molecule has 0 fully saturated rings. The van der Waals surface area contributed by atoms with Crippen LogP contribution in [0, 0.1) is 13.8 Å². The third kappa shape index (κ3) is 4.46. The highest BCUT2D eigenvalue weighted by Gasteiger charge is 2.20. The van der Waals surface area contributed by atoms with Crippen molar-refractivity contribution in [3.05, 3.63) is 53.6 Å². The van der Waals surface area contributed by atoms with E-state index in [0.717, 1.165) is 22.5 Å². The first-order valence-electron chi connectivity index (χ1n) is 8.45. The topological polar surface area (TPSA) is 81.9 Å². The van der Waals surface area contributed by atoms with E-state index in [1.807, 2.05) is 63.2 Å². The molecule has 0 saturated carbocycles. The fourth-order valence-corrected chi connectivity index (χ4v) is 3.26. The molecule has 1 aromatic heterocycles. The maximum absolute atomic E-state index is 12.5. The molecular formula is C19H21N5O2S. The number of tetrazole rings is 1. The van der Waals surface area contributed by atoms with E-state index in [1.54, 1.807) is 11.8 Å². The highest BCUT2D eigenvalue weighted by Crippen LogP contribution is 2.29. The summed E-state index contributed by atoms with van der Waals surface area (Å²) in [5.74, 6) is 0.543. The van der Waals surface area contributed by atoms with Gasteiger partial charge < -0.3 is 10.1 Å². The first-order chi connectivity index (χ1) is 13.0. The van der Waals surface area contributed by atoms with Crippen LogP contribution in [0.25, 0.3) is 5.69 Å². The summed E-state index contributed by atoms with van der Waals surface area (Å²) in [6.07, 6.45) is 0. The number of carbonyl (C=O) groups excluding carboxylic acids is 1. The minimum Gasteiger partial charge on any atom is -0.494 e. The number of anilines is 1. The van der Waals surface area contributed by atoms with Crippen LogP contribution in [0.15, 0.2) is 47.6 Å². The van der Waals surface area contributed by atoms with Gasteiger partial charge in [0.2, 0.25) is 11.1 Å². The standard InChI is InChI=1S/C19H21N5O2S/c1-12-5-8-15(9-6-12)20-18(25)14(3)27-19-21-22-23-24(19)16-11-13(2)7-10-17(16)26-4/h5-11,14H,1-4H3,(H,20,25)/t14-/m1/s1. The number of amides is 1. The van der Waals surface area contributed by atoms with Crippen LogP contribution in [0.3, 0.4) is 0 Å². The van der Waals surface area contributed by atoms with Crippen LogP contribution >= 0.6 is 11.8 Å². The summed E-state index contributed by atoms with van der Waals surface area (Å²) in [5, 5.41) is 14.9. The third-order valence-electron chi connectivity index (χ3n) is 3.97. The molecule has 27 heavy (non-hydrogen) atoms. The number of methoxy groups -OCH3 is 1. The lowest BCUT2D eigenvalue weighted by Crippen LogP contribution is -2.23. The Balaban J connectivity index is 1.77. The molecule has 1 atom stereocenters. The van der Waals surface area contributed by atoms with Crippen LogP contribution in [0.1, 0.15) is 18.1 Å². The van der Waals surface area contributed by atoms with Crippen molar-refractivity contribution in [1.82, 2.24) is 20.2 Å². The van der Waals surface area contributed by atoms with E-state index < -0.39 is 0 Å². The van der Waals surface area contributed by atoms with Crippen LogP contribution in [0.4, 0.5) is 5.69 Å². The molecule has 0 radical (unpaired) electrons. The van der Waals surface area contributed by atoms with Gasteiger partial charge in [0.05, 0.1) is 12.4 Å². The lowest BCUT2D eigenvalue weighted by molar-refractivity contribution is -0.115. The summed E-state index contributed by atoms with van der Waals surface area (Å²) in [4.78, 5) is 12.5. The van der Waals surface area contributed by atoms with Gasteiger partial charge in [-0.25, -0.2) is 0 Å². The van der Waals surface area contributed by atoms with Crippen LogP contribution in [0.2, 0.25) is 0 Å². The van der Waals surface area contributed by atoms with Gasteiger partial charge in [-0.05, 0) is 61.0 Å². The Morgan fingerprint density at radius 2 is 1.85 bits per heavy atom. The summed E-state index contributed by atoms with van der Waals surface area (Å²) >= 11 is 1.29. The first kappa shape index (κ1) is 18.9. The number of aromatic nitrogens is 4. The molecule has 3 rings (SSSR count). The molecule has 0 spiro atoms. The minimum atomic E-state index is -0.383. The molecule has 8 heteroatoms. The molecule has 1 amide bonds. The van der Waals surface area contributed by atoms with Crippen molar-refractivity contribution in [2.45, 2.75) is 31.2 Å². The molecule has 140 valence electrons. The van der Waals surface area contributed by atoms with Gasteiger partial charge >= 0.3 is 0 Å². The van der Waals surface area contributed by atoms with Crippen LogP contribution in [-0.2, 0) is 4.79 Å². The molecule has 7 nitrogen and oxygen atoms in total. The fraction of sp³-hybridized carbons (Fsp3) is 0.263. The fourth-order valence-electron chi connectivity index (χ4n) is 2.46. The van der Waals surface area contributed by atoms with Crippen molar-refractivity contribution >= 4 is 23.4 Å². The van der Waals surface area contributed by atoms with E-state index in [9.17, 15) is 4.79 Å². The zero-order valence-electron chi connectivity index (χ0n) is 15.6. The van der Waals surface area contributed by atoms with Gasteiger partial charge in [0.1, 0.15) is 11.4 Å². The van der Waals surface area contributed by atoms with Gasteiger partial charge in [-0.3, -0.25) is 4.79 Å². The van der Waals surface area contributed by atoms with Crippen molar-refractivity contribution < 1.29 is 9.53 Å². The van der Waals surface area contributed by atoms with Crippen molar-refractivity contribution in [2.75, 3.05) is 12.4 Å². The van der Waals surface area contributed by atoms with E-state index in [2.05, 4.69) is 20.8 Å². The zero-order chi connectivity index (χ0) is 19.4. The van der Waals surface area contributed by atoms with Gasteiger partial charge in [-0.2, -0.15) is 4.68 Å². The number of hydrogen-bond donors (Lipinski definition) is 1. The molecule has 0 aliphatic heterocycles. The Hall–Kier alpha value is -2.87. The number of rotatable bonds is 6. The molecular weight excluding hydrogens is 362 g/mol. The molecule has 0 aliphatic rings. The number of nitrogens with one attached hydrogen (secondary N) is 1. The predicted octanol–water partition coefficient (Wildman–Crippen LogP) is 3.41. The van der Waals surface area contributed by atoms with Crippen LogP contribution in [0.5, 0.6) is 5.75 Å². The Morgan fingerprint density at radius 3 is 2.56 bits per heavy atom.